The molecule has 1 atom stereocenters. The first-order valence-corrected chi connectivity index (χ1v) is 6.25. The number of ether oxygens (including phenoxy) is 1. The van der Waals surface area contributed by atoms with E-state index in [2.05, 4.69) is 5.32 Å². The van der Waals surface area contributed by atoms with Gasteiger partial charge in [0.2, 0.25) is 5.91 Å². The fourth-order valence-corrected chi connectivity index (χ4v) is 2.19. The number of hydrogen-bond acceptors (Lipinski definition) is 4. The Kier molecular flexibility index (Phi) is 5.55. The molecule has 0 bridgehead atoms. The van der Waals surface area contributed by atoms with E-state index in [1.165, 1.54) is 0 Å². The topological polar surface area (TPSA) is 78.9 Å². The molecule has 0 spiro atoms. The van der Waals surface area contributed by atoms with Crippen molar-refractivity contribution in [3.8, 4) is 0 Å². The summed E-state index contributed by atoms with van der Waals surface area (Å²) >= 11 is 0. The standard InChI is InChI=1S/C12H22N2O4/c1-12(11(16)17)5-3-7-14(12)9-10(15)13-6-4-8-18-2/h3-9H2,1-2H3,(H,13,15)(H,16,17). The second-order valence-corrected chi connectivity index (χ2v) is 4.80. The summed E-state index contributed by atoms with van der Waals surface area (Å²) in [7, 11) is 1.62. The number of likely N-dealkylation sites (tertiary alicyclic amines) is 1. The SMILES string of the molecule is COCCCNC(=O)CN1CCCC1(C)C(=O)O. The van der Waals surface area contributed by atoms with Gasteiger partial charge in [0.1, 0.15) is 5.54 Å². The van der Waals surface area contributed by atoms with Crippen LogP contribution in [0.3, 0.4) is 0 Å². The van der Waals surface area contributed by atoms with Gasteiger partial charge in [0.05, 0.1) is 6.54 Å². The van der Waals surface area contributed by atoms with Crippen molar-refractivity contribution in [1.29, 1.82) is 0 Å². The number of carbonyl (C=O) groups excluding carboxylic acids is 1. The molecule has 0 aromatic carbocycles. The highest BCUT2D eigenvalue weighted by Crippen LogP contribution is 2.28. The van der Waals surface area contributed by atoms with E-state index in [-0.39, 0.29) is 12.5 Å². The number of carbonyl (C=O) groups is 2. The maximum Gasteiger partial charge on any atom is 0.323 e. The van der Waals surface area contributed by atoms with E-state index >= 15 is 0 Å². The van der Waals surface area contributed by atoms with Crippen molar-refractivity contribution in [2.75, 3.05) is 33.4 Å². The highest BCUT2D eigenvalue weighted by Gasteiger charge is 2.43. The average molecular weight is 258 g/mol. The molecule has 1 amide bonds. The largest absolute Gasteiger partial charge is 0.480 e. The van der Waals surface area contributed by atoms with Crippen molar-refractivity contribution in [2.24, 2.45) is 0 Å². The first-order valence-electron chi connectivity index (χ1n) is 6.25. The normalized spacial score (nSPS) is 24.1. The zero-order valence-electron chi connectivity index (χ0n) is 11.1. The third-order valence-electron chi connectivity index (χ3n) is 3.43. The fourth-order valence-electron chi connectivity index (χ4n) is 2.19. The summed E-state index contributed by atoms with van der Waals surface area (Å²) < 4.78 is 4.88. The van der Waals surface area contributed by atoms with Crippen molar-refractivity contribution in [3.05, 3.63) is 0 Å². The monoisotopic (exact) mass is 258 g/mol. The lowest BCUT2D eigenvalue weighted by Crippen LogP contribution is -2.51. The molecule has 0 radical (unpaired) electrons. The number of aliphatic carboxylic acids is 1. The van der Waals surface area contributed by atoms with Gasteiger partial charge in [0, 0.05) is 20.3 Å². The van der Waals surface area contributed by atoms with Gasteiger partial charge in [-0.1, -0.05) is 0 Å². The van der Waals surface area contributed by atoms with Gasteiger partial charge in [-0.05, 0) is 32.7 Å². The molecule has 1 aliphatic rings. The fraction of sp³-hybridized carbons (Fsp3) is 0.833. The maximum absolute atomic E-state index is 11.7. The smallest absolute Gasteiger partial charge is 0.323 e. The molecule has 1 saturated heterocycles. The van der Waals surface area contributed by atoms with Crippen LogP contribution >= 0.6 is 0 Å². The average Bonchev–Trinajstić information content (AvgIpc) is 2.68. The van der Waals surface area contributed by atoms with Crippen molar-refractivity contribution in [3.63, 3.8) is 0 Å². The van der Waals surface area contributed by atoms with Crippen molar-refractivity contribution in [1.82, 2.24) is 10.2 Å². The van der Waals surface area contributed by atoms with E-state index in [0.717, 1.165) is 12.8 Å². The number of nitrogens with one attached hydrogen (secondary N) is 1. The first kappa shape index (κ1) is 14.9. The third-order valence-corrected chi connectivity index (χ3v) is 3.43. The zero-order chi connectivity index (χ0) is 13.6. The van der Waals surface area contributed by atoms with Crippen LogP contribution in [0.15, 0.2) is 0 Å². The third kappa shape index (κ3) is 3.68. The van der Waals surface area contributed by atoms with Gasteiger partial charge in [-0.15, -0.1) is 0 Å². The summed E-state index contributed by atoms with van der Waals surface area (Å²) in [6.07, 6.45) is 2.18. The lowest BCUT2D eigenvalue weighted by Gasteiger charge is -2.30. The number of rotatable bonds is 7. The Balaban J connectivity index is 2.37. The van der Waals surface area contributed by atoms with Gasteiger partial charge in [0.25, 0.3) is 0 Å². The Hall–Kier alpha value is -1.14. The molecule has 1 unspecified atom stereocenters. The molecule has 0 aromatic heterocycles. The summed E-state index contributed by atoms with van der Waals surface area (Å²) in [6.45, 7) is 3.66. The predicted molar refractivity (Wildman–Crippen MR) is 66.4 cm³/mol. The zero-order valence-corrected chi connectivity index (χ0v) is 11.1. The van der Waals surface area contributed by atoms with Crippen LogP contribution in [-0.4, -0.2) is 60.8 Å². The highest BCUT2D eigenvalue weighted by atomic mass is 16.5. The highest BCUT2D eigenvalue weighted by molar-refractivity contribution is 5.82. The van der Waals surface area contributed by atoms with Crippen LogP contribution < -0.4 is 5.32 Å². The minimum Gasteiger partial charge on any atom is -0.480 e. The minimum atomic E-state index is -0.899. The molecule has 1 rings (SSSR count). The number of hydrogen-bond donors (Lipinski definition) is 2. The van der Waals surface area contributed by atoms with E-state index in [1.807, 2.05) is 0 Å². The number of nitrogens with zero attached hydrogens (tertiary/aromatic N) is 1. The molecule has 6 heteroatoms. The van der Waals surface area contributed by atoms with E-state index in [1.54, 1.807) is 18.9 Å². The Morgan fingerprint density at radius 3 is 2.83 bits per heavy atom. The summed E-state index contributed by atoms with van der Waals surface area (Å²) in [5.74, 6) is -0.979. The molecular formula is C12H22N2O4. The van der Waals surface area contributed by atoms with Gasteiger partial charge >= 0.3 is 5.97 Å². The minimum absolute atomic E-state index is 0.125. The molecule has 1 fully saturated rings. The first-order chi connectivity index (χ1) is 8.50. The Morgan fingerprint density at radius 2 is 2.22 bits per heavy atom. The van der Waals surface area contributed by atoms with Gasteiger partial charge < -0.3 is 15.2 Å². The van der Waals surface area contributed by atoms with E-state index in [0.29, 0.717) is 26.1 Å². The number of carboxylic acid groups (broad SMARTS) is 1. The second kappa shape index (κ2) is 6.70. The summed E-state index contributed by atoms with van der Waals surface area (Å²) in [5.41, 5.74) is -0.899. The van der Waals surface area contributed by atoms with E-state index in [4.69, 9.17) is 4.74 Å². The number of amides is 1. The molecule has 18 heavy (non-hydrogen) atoms. The van der Waals surface area contributed by atoms with Gasteiger partial charge in [-0.3, -0.25) is 14.5 Å². The Morgan fingerprint density at radius 1 is 1.50 bits per heavy atom. The predicted octanol–water partition coefficient (Wildman–Crippen LogP) is 0.0782. The van der Waals surface area contributed by atoms with Crippen LogP contribution in [0.4, 0.5) is 0 Å². The number of carboxylic acids is 1. The lowest BCUT2D eigenvalue weighted by atomic mass is 9.99. The van der Waals surface area contributed by atoms with Gasteiger partial charge in [-0.25, -0.2) is 0 Å². The van der Waals surface area contributed by atoms with Crippen molar-refractivity contribution < 1.29 is 19.4 Å². The molecule has 0 aliphatic carbocycles. The molecular weight excluding hydrogens is 236 g/mol. The van der Waals surface area contributed by atoms with Crippen molar-refractivity contribution in [2.45, 2.75) is 31.7 Å². The lowest BCUT2D eigenvalue weighted by molar-refractivity contribution is -0.149. The van der Waals surface area contributed by atoms with Gasteiger partial charge in [0.15, 0.2) is 0 Å². The maximum atomic E-state index is 11.7. The summed E-state index contributed by atoms with van der Waals surface area (Å²) in [6, 6.07) is 0. The van der Waals surface area contributed by atoms with Crippen LogP contribution in [0, 0.1) is 0 Å². The van der Waals surface area contributed by atoms with Crippen LogP contribution in [-0.2, 0) is 14.3 Å². The van der Waals surface area contributed by atoms with E-state index < -0.39 is 11.5 Å². The van der Waals surface area contributed by atoms with Gasteiger partial charge in [-0.2, -0.15) is 0 Å². The van der Waals surface area contributed by atoms with Crippen LogP contribution in [0.2, 0.25) is 0 Å². The molecule has 1 heterocycles. The quantitative estimate of drug-likeness (QED) is 0.632. The molecule has 6 nitrogen and oxygen atoms in total. The molecule has 104 valence electrons. The molecule has 2 N–H and O–H groups in total. The van der Waals surface area contributed by atoms with Crippen LogP contribution in [0.25, 0.3) is 0 Å². The van der Waals surface area contributed by atoms with Crippen molar-refractivity contribution >= 4 is 11.9 Å². The molecule has 0 aromatic rings. The summed E-state index contributed by atoms with van der Waals surface area (Å²) in [4.78, 5) is 24.6. The Bertz CT molecular complexity index is 308. The summed E-state index contributed by atoms with van der Waals surface area (Å²) in [5, 5.41) is 12.0. The number of methoxy groups -OCH3 is 1. The Labute approximate surface area is 107 Å². The molecule has 0 saturated carbocycles. The van der Waals surface area contributed by atoms with E-state index in [9.17, 15) is 14.7 Å². The van der Waals surface area contributed by atoms with Crippen LogP contribution in [0.5, 0.6) is 0 Å². The van der Waals surface area contributed by atoms with Crippen LogP contribution in [0.1, 0.15) is 26.2 Å². The second-order valence-electron chi connectivity index (χ2n) is 4.80. The molecule has 1 aliphatic heterocycles.